The van der Waals surface area contributed by atoms with E-state index in [1.54, 1.807) is 18.5 Å². The molecule has 34 heavy (non-hydrogen) atoms. The number of fused-ring (bicyclic) bond motifs is 3. The first kappa shape index (κ1) is 22.3. The highest BCUT2D eigenvalue weighted by Crippen LogP contribution is 2.39. The van der Waals surface area contributed by atoms with Crippen LogP contribution in [0.5, 0.6) is 5.88 Å². The summed E-state index contributed by atoms with van der Waals surface area (Å²) in [5.74, 6) is 0.244. The lowest BCUT2D eigenvalue weighted by atomic mass is 9.77. The lowest BCUT2D eigenvalue weighted by Gasteiger charge is -2.49. The number of carbonyl (C=O) groups is 1. The first-order valence-corrected chi connectivity index (χ1v) is 11.2. The Morgan fingerprint density at radius 3 is 2.62 bits per heavy atom. The highest BCUT2D eigenvalue weighted by molar-refractivity contribution is 6.00. The lowest BCUT2D eigenvalue weighted by molar-refractivity contribution is -0.137. The Bertz CT molecular complexity index is 1190. The molecular formula is C25H23F3N4O2. The van der Waals surface area contributed by atoms with E-state index in [1.165, 1.54) is 6.07 Å². The third-order valence-electron chi connectivity index (χ3n) is 6.48. The Balaban J connectivity index is 1.40. The van der Waals surface area contributed by atoms with Crippen LogP contribution in [-0.4, -0.2) is 44.4 Å². The second-order valence-electron chi connectivity index (χ2n) is 8.87. The molecule has 1 amide bonds. The van der Waals surface area contributed by atoms with Crippen LogP contribution in [0.2, 0.25) is 0 Å². The van der Waals surface area contributed by atoms with Crippen LogP contribution in [0.3, 0.4) is 0 Å². The lowest BCUT2D eigenvalue weighted by Crippen LogP contribution is -2.59. The van der Waals surface area contributed by atoms with Gasteiger partial charge >= 0.3 is 6.18 Å². The average Bonchev–Trinajstić information content (AvgIpc) is 2.84. The van der Waals surface area contributed by atoms with E-state index in [1.807, 2.05) is 30.0 Å². The molecule has 0 unspecified atom stereocenters. The minimum absolute atomic E-state index is 0.129. The van der Waals surface area contributed by atoms with Crippen molar-refractivity contribution in [1.29, 1.82) is 0 Å². The molecule has 9 heteroatoms. The van der Waals surface area contributed by atoms with Gasteiger partial charge in [-0.15, -0.1) is 0 Å². The molecule has 1 saturated carbocycles. The Kier molecular flexibility index (Phi) is 5.71. The minimum Gasteiger partial charge on any atom is -0.472 e. The molecule has 5 heterocycles. The number of nitrogens with zero attached hydrogens (tertiary/aromatic N) is 4. The van der Waals surface area contributed by atoms with E-state index in [4.69, 9.17) is 4.74 Å². The van der Waals surface area contributed by atoms with Crippen LogP contribution in [0.4, 0.5) is 13.2 Å². The normalized spacial score (nSPS) is 22.0. The van der Waals surface area contributed by atoms with E-state index in [0.29, 0.717) is 23.5 Å². The summed E-state index contributed by atoms with van der Waals surface area (Å²) < 4.78 is 44.6. The summed E-state index contributed by atoms with van der Waals surface area (Å²) in [5, 5.41) is 0. The average molecular weight is 468 g/mol. The summed E-state index contributed by atoms with van der Waals surface area (Å²) in [4.78, 5) is 28.3. The van der Waals surface area contributed by atoms with Gasteiger partial charge in [0.15, 0.2) is 0 Å². The zero-order chi connectivity index (χ0) is 23.9. The smallest absolute Gasteiger partial charge is 0.417 e. The topological polar surface area (TPSA) is 68.2 Å². The third kappa shape index (κ3) is 4.34. The molecule has 1 aliphatic carbocycles. The summed E-state index contributed by atoms with van der Waals surface area (Å²) in [6.07, 6.45) is 1.84. The van der Waals surface area contributed by atoms with Gasteiger partial charge in [0.1, 0.15) is 11.8 Å². The van der Waals surface area contributed by atoms with Crippen LogP contribution in [-0.2, 0) is 6.18 Å². The number of pyridine rings is 3. The fourth-order valence-electron chi connectivity index (χ4n) is 4.86. The monoisotopic (exact) mass is 468 g/mol. The highest BCUT2D eigenvalue weighted by atomic mass is 19.4. The van der Waals surface area contributed by atoms with Gasteiger partial charge in [0.2, 0.25) is 5.88 Å². The quantitative estimate of drug-likeness (QED) is 0.543. The predicted molar refractivity (Wildman–Crippen MR) is 118 cm³/mol. The van der Waals surface area contributed by atoms with E-state index >= 15 is 0 Å². The van der Waals surface area contributed by atoms with Crippen molar-refractivity contribution >= 4 is 5.91 Å². The van der Waals surface area contributed by atoms with Crippen LogP contribution in [0.15, 0.2) is 55.0 Å². The Morgan fingerprint density at radius 1 is 1.09 bits per heavy atom. The maximum atomic E-state index is 13.8. The van der Waals surface area contributed by atoms with Crippen molar-refractivity contribution in [3.05, 3.63) is 71.7 Å². The van der Waals surface area contributed by atoms with Gasteiger partial charge in [-0.1, -0.05) is 6.07 Å². The molecule has 3 aliphatic rings. The summed E-state index contributed by atoms with van der Waals surface area (Å²) in [5.41, 5.74) is 1.68. The van der Waals surface area contributed by atoms with Gasteiger partial charge in [0, 0.05) is 31.2 Å². The van der Waals surface area contributed by atoms with Crippen molar-refractivity contribution in [2.24, 2.45) is 5.92 Å². The molecule has 3 aromatic heterocycles. The second kappa shape index (κ2) is 8.70. The van der Waals surface area contributed by atoms with Gasteiger partial charge in [0.25, 0.3) is 5.91 Å². The van der Waals surface area contributed by atoms with Gasteiger partial charge in [-0.3, -0.25) is 14.8 Å². The molecule has 0 spiro atoms. The summed E-state index contributed by atoms with van der Waals surface area (Å²) in [7, 11) is 0. The maximum Gasteiger partial charge on any atom is 0.417 e. The minimum atomic E-state index is -4.45. The molecule has 3 aromatic rings. The van der Waals surface area contributed by atoms with Crippen LogP contribution in [0.25, 0.3) is 11.4 Å². The van der Waals surface area contributed by atoms with Crippen molar-refractivity contribution in [2.75, 3.05) is 6.54 Å². The van der Waals surface area contributed by atoms with Crippen molar-refractivity contribution in [3.63, 3.8) is 0 Å². The van der Waals surface area contributed by atoms with Crippen LogP contribution in [0.1, 0.15) is 40.7 Å². The Labute approximate surface area is 194 Å². The zero-order valence-corrected chi connectivity index (χ0v) is 18.5. The second-order valence-corrected chi connectivity index (χ2v) is 8.87. The fraction of sp³-hybridized carbons (Fsp3) is 0.360. The summed E-state index contributed by atoms with van der Waals surface area (Å²) in [6.45, 7) is 2.50. The molecule has 0 radical (unpaired) electrons. The van der Waals surface area contributed by atoms with Gasteiger partial charge < -0.3 is 9.64 Å². The van der Waals surface area contributed by atoms with Gasteiger partial charge in [-0.2, -0.15) is 13.2 Å². The molecule has 3 atom stereocenters. The van der Waals surface area contributed by atoms with Crippen LogP contribution >= 0.6 is 0 Å². The Hall–Kier alpha value is -3.49. The molecular weight excluding hydrogens is 445 g/mol. The van der Waals surface area contributed by atoms with Crippen LogP contribution < -0.4 is 4.74 Å². The molecule has 176 valence electrons. The molecule has 0 aromatic carbocycles. The first-order valence-electron chi connectivity index (χ1n) is 11.2. The molecule has 0 N–H and O–H groups in total. The zero-order valence-electron chi connectivity index (χ0n) is 18.5. The number of rotatable bonds is 4. The van der Waals surface area contributed by atoms with Crippen molar-refractivity contribution in [1.82, 2.24) is 19.9 Å². The number of aryl methyl sites for hydroxylation is 1. The Morgan fingerprint density at radius 2 is 1.94 bits per heavy atom. The molecule has 6 nitrogen and oxygen atoms in total. The van der Waals surface area contributed by atoms with Crippen molar-refractivity contribution < 1.29 is 22.7 Å². The predicted octanol–water partition coefficient (Wildman–Crippen LogP) is 4.94. The van der Waals surface area contributed by atoms with E-state index in [2.05, 4.69) is 15.0 Å². The summed E-state index contributed by atoms with van der Waals surface area (Å²) in [6, 6.07) is 9.30. The molecule has 2 saturated heterocycles. The van der Waals surface area contributed by atoms with Crippen LogP contribution in [0, 0.1) is 12.8 Å². The SMILES string of the molecule is Cc1cnc(-c2ccccn2)c(C(=O)N2C[C@@H]3CC[C@H]2[C@H](Oc2ccc(C(F)(F)F)cn2)C3)c1. The van der Waals surface area contributed by atoms with Gasteiger partial charge in [-0.05, 0) is 61.9 Å². The third-order valence-corrected chi connectivity index (χ3v) is 6.48. The number of alkyl halides is 3. The largest absolute Gasteiger partial charge is 0.472 e. The number of aromatic nitrogens is 3. The first-order chi connectivity index (χ1) is 16.3. The maximum absolute atomic E-state index is 13.8. The molecule has 2 aliphatic heterocycles. The number of piperidine rings is 2. The highest BCUT2D eigenvalue weighted by Gasteiger charge is 2.45. The number of hydrogen-bond donors (Lipinski definition) is 0. The van der Waals surface area contributed by atoms with Gasteiger partial charge in [-0.25, -0.2) is 4.98 Å². The molecule has 6 rings (SSSR count). The standard InChI is InChI=1S/C25H23F3N4O2/c1-15-10-18(23(31-12-15)19-4-2-3-9-29-19)24(33)32-14-16-5-7-20(32)21(11-16)34-22-8-6-17(13-30-22)25(26,27)28/h2-4,6,8-10,12-13,16,20-21H,5,7,11,14H2,1H3/t16-,20+,21-/m1/s1. The molecule has 3 fully saturated rings. The fourth-order valence-corrected chi connectivity index (χ4v) is 4.86. The van der Waals surface area contributed by atoms with Gasteiger partial charge in [0.05, 0.1) is 22.9 Å². The number of hydrogen-bond acceptors (Lipinski definition) is 5. The number of ether oxygens (including phenoxy) is 1. The van der Waals surface area contributed by atoms with Crippen molar-refractivity contribution in [3.8, 4) is 17.3 Å². The number of halogens is 3. The van der Waals surface area contributed by atoms with E-state index < -0.39 is 11.7 Å². The van der Waals surface area contributed by atoms with E-state index in [-0.39, 0.29) is 29.9 Å². The molecule has 2 bridgehead atoms. The number of amides is 1. The van der Waals surface area contributed by atoms with E-state index in [0.717, 1.165) is 37.1 Å². The van der Waals surface area contributed by atoms with Crippen molar-refractivity contribution in [2.45, 2.75) is 44.5 Å². The van der Waals surface area contributed by atoms with E-state index in [9.17, 15) is 18.0 Å². The summed E-state index contributed by atoms with van der Waals surface area (Å²) >= 11 is 0. The number of carbonyl (C=O) groups excluding carboxylic acids is 1.